The van der Waals surface area contributed by atoms with Crippen LogP contribution in [-0.4, -0.2) is 18.4 Å². The van der Waals surface area contributed by atoms with Crippen LogP contribution in [0.25, 0.3) is 0 Å². The van der Waals surface area contributed by atoms with E-state index in [4.69, 9.17) is 9.47 Å². The number of fused-ring (bicyclic) bond motifs is 2. The molecule has 3 aliphatic carbocycles. The molecule has 0 radical (unpaired) electrons. The molecule has 0 aromatic rings. The monoisotopic (exact) mass is 280 g/mol. The highest BCUT2D eigenvalue weighted by Gasteiger charge is 2.49. The van der Waals surface area contributed by atoms with Crippen molar-refractivity contribution < 1.29 is 14.3 Å². The van der Waals surface area contributed by atoms with Crippen molar-refractivity contribution in [3.8, 4) is 0 Å². The maximum absolute atomic E-state index is 12.4. The van der Waals surface area contributed by atoms with Crippen LogP contribution in [0.5, 0.6) is 0 Å². The molecule has 3 fully saturated rings. The van der Waals surface area contributed by atoms with Crippen LogP contribution in [-0.2, 0) is 14.3 Å². The molecule has 20 heavy (non-hydrogen) atoms. The first kappa shape index (κ1) is 14.4. The summed E-state index contributed by atoms with van der Waals surface area (Å²) in [6, 6.07) is 0. The third kappa shape index (κ3) is 2.88. The highest BCUT2D eigenvalue weighted by Crippen LogP contribution is 2.52. The first-order chi connectivity index (χ1) is 9.65. The van der Waals surface area contributed by atoms with Crippen molar-refractivity contribution in [2.45, 2.75) is 77.6 Å². The lowest BCUT2D eigenvalue weighted by atomic mass is 9.80. The van der Waals surface area contributed by atoms with Crippen molar-refractivity contribution in [3.63, 3.8) is 0 Å². The minimum absolute atomic E-state index is 0.00647. The molecule has 0 saturated heterocycles. The van der Waals surface area contributed by atoms with Gasteiger partial charge in [0, 0.05) is 0 Å². The van der Waals surface area contributed by atoms with Gasteiger partial charge in [0.1, 0.15) is 0 Å². The van der Waals surface area contributed by atoms with Crippen LogP contribution in [0.15, 0.2) is 0 Å². The molecule has 0 aliphatic heterocycles. The van der Waals surface area contributed by atoms with Gasteiger partial charge in [-0.3, -0.25) is 4.79 Å². The number of hydrogen-bond donors (Lipinski definition) is 0. The van der Waals surface area contributed by atoms with Gasteiger partial charge in [-0.05, 0) is 56.8 Å². The Hall–Kier alpha value is -0.570. The largest absolute Gasteiger partial charge is 0.436 e. The average Bonchev–Trinajstić information content (AvgIpc) is 3.00. The fourth-order valence-electron chi connectivity index (χ4n) is 4.73. The number of ether oxygens (including phenoxy) is 2. The highest BCUT2D eigenvalue weighted by atomic mass is 16.7. The quantitative estimate of drug-likeness (QED) is 0.578. The van der Waals surface area contributed by atoms with Gasteiger partial charge in [0.2, 0.25) is 0 Å². The summed E-state index contributed by atoms with van der Waals surface area (Å²) in [4.78, 5) is 12.4. The molecule has 114 valence electrons. The second kappa shape index (κ2) is 6.05. The first-order valence-corrected chi connectivity index (χ1v) is 8.51. The molecule has 0 heterocycles. The van der Waals surface area contributed by atoms with E-state index in [1.807, 2.05) is 6.92 Å². The van der Waals surface area contributed by atoms with E-state index in [-0.39, 0.29) is 18.2 Å². The Morgan fingerprint density at radius 1 is 1.05 bits per heavy atom. The van der Waals surface area contributed by atoms with Crippen LogP contribution in [0.2, 0.25) is 0 Å². The summed E-state index contributed by atoms with van der Waals surface area (Å²) in [5, 5.41) is 0. The molecule has 2 bridgehead atoms. The molecule has 5 atom stereocenters. The Morgan fingerprint density at radius 3 is 2.40 bits per heavy atom. The van der Waals surface area contributed by atoms with Crippen molar-refractivity contribution >= 4 is 5.97 Å². The summed E-state index contributed by atoms with van der Waals surface area (Å²) in [5.41, 5.74) is 0. The standard InChI is InChI=1S/C17H28O3/c1-11-13-8-9-14(10-13)16(11)17(18)20-12(2)19-15-6-4-3-5-7-15/h11-16H,3-10H2,1-2H3. The summed E-state index contributed by atoms with van der Waals surface area (Å²) >= 11 is 0. The fraction of sp³-hybridized carbons (Fsp3) is 0.941. The predicted octanol–water partition coefficient (Wildman–Crippen LogP) is 3.91. The molecule has 3 nitrogen and oxygen atoms in total. The lowest BCUT2D eigenvalue weighted by molar-refractivity contribution is -0.194. The van der Waals surface area contributed by atoms with Crippen molar-refractivity contribution in [1.82, 2.24) is 0 Å². The third-order valence-electron chi connectivity index (χ3n) is 5.82. The number of rotatable bonds is 4. The molecule has 3 saturated carbocycles. The van der Waals surface area contributed by atoms with E-state index in [1.165, 1.54) is 38.5 Å². The zero-order valence-corrected chi connectivity index (χ0v) is 12.8. The maximum Gasteiger partial charge on any atom is 0.311 e. The average molecular weight is 280 g/mol. The van der Waals surface area contributed by atoms with Crippen molar-refractivity contribution in [2.24, 2.45) is 23.7 Å². The van der Waals surface area contributed by atoms with Crippen LogP contribution < -0.4 is 0 Å². The van der Waals surface area contributed by atoms with Crippen molar-refractivity contribution in [1.29, 1.82) is 0 Å². The van der Waals surface area contributed by atoms with Gasteiger partial charge in [0.05, 0.1) is 12.0 Å². The molecule has 0 aromatic heterocycles. The minimum atomic E-state index is -0.378. The Balaban J connectivity index is 1.48. The summed E-state index contributed by atoms with van der Waals surface area (Å²) < 4.78 is 11.5. The van der Waals surface area contributed by atoms with Gasteiger partial charge in [-0.1, -0.05) is 26.2 Å². The van der Waals surface area contributed by atoms with E-state index in [0.717, 1.165) is 18.8 Å². The molecule has 3 aliphatic rings. The van der Waals surface area contributed by atoms with Crippen molar-refractivity contribution in [3.05, 3.63) is 0 Å². The Kier molecular flexibility index (Phi) is 4.34. The highest BCUT2D eigenvalue weighted by molar-refractivity contribution is 5.74. The van der Waals surface area contributed by atoms with Crippen LogP contribution in [0.3, 0.4) is 0 Å². The smallest absolute Gasteiger partial charge is 0.311 e. The van der Waals surface area contributed by atoms with Crippen LogP contribution in [0, 0.1) is 23.7 Å². The first-order valence-electron chi connectivity index (χ1n) is 8.51. The molecule has 0 N–H and O–H groups in total. The zero-order chi connectivity index (χ0) is 14.1. The van der Waals surface area contributed by atoms with E-state index < -0.39 is 0 Å². The summed E-state index contributed by atoms with van der Waals surface area (Å²) in [7, 11) is 0. The Morgan fingerprint density at radius 2 is 1.75 bits per heavy atom. The van der Waals surface area contributed by atoms with E-state index in [1.54, 1.807) is 0 Å². The molecule has 3 heteroatoms. The molecule has 5 unspecified atom stereocenters. The number of carbonyl (C=O) groups is 1. The summed E-state index contributed by atoms with van der Waals surface area (Å²) in [6.45, 7) is 4.10. The van der Waals surface area contributed by atoms with E-state index in [2.05, 4.69) is 6.92 Å². The normalized spacial score (nSPS) is 38.9. The second-order valence-corrected chi connectivity index (χ2v) is 7.12. The number of esters is 1. The second-order valence-electron chi connectivity index (χ2n) is 7.12. The van der Waals surface area contributed by atoms with E-state index in [9.17, 15) is 4.79 Å². The zero-order valence-electron chi connectivity index (χ0n) is 12.8. The third-order valence-corrected chi connectivity index (χ3v) is 5.82. The molecule has 0 spiro atoms. The van der Waals surface area contributed by atoms with Gasteiger partial charge in [-0.15, -0.1) is 0 Å². The minimum Gasteiger partial charge on any atom is -0.436 e. The molecule has 0 aromatic carbocycles. The number of hydrogen-bond acceptors (Lipinski definition) is 3. The van der Waals surface area contributed by atoms with Gasteiger partial charge in [0.25, 0.3) is 0 Å². The van der Waals surface area contributed by atoms with Crippen LogP contribution in [0.4, 0.5) is 0 Å². The van der Waals surface area contributed by atoms with Gasteiger partial charge >= 0.3 is 5.97 Å². The van der Waals surface area contributed by atoms with E-state index in [0.29, 0.717) is 17.9 Å². The van der Waals surface area contributed by atoms with Crippen LogP contribution in [0.1, 0.15) is 65.2 Å². The lowest BCUT2D eigenvalue weighted by Gasteiger charge is -2.29. The van der Waals surface area contributed by atoms with Crippen molar-refractivity contribution in [2.75, 3.05) is 0 Å². The summed E-state index contributed by atoms with van der Waals surface area (Å²) in [5.74, 6) is 1.96. The predicted molar refractivity (Wildman–Crippen MR) is 77.0 cm³/mol. The molecule has 0 amide bonds. The lowest BCUT2D eigenvalue weighted by Crippen LogP contribution is -2.33. The van der Waals surface area contributed by atoms with Gasteiger partial charge < -0.3 is 9.47 Å². The molecule has 3 rings (SSSR count). The number of carbonyl (C=O) groups excluding carboxylic acids is 1. The fourth-order valence-corrected chi connectivity index (χ4v) is 4.73. The van der Waals surface area contributed by atoms with Gasteiger partial charge in [-0.2, -0.15) is 0 Å². The summed E-state index contributed by atoms with van der Waals surface area (Å²) in [6.07, 6.45) is 9.72. The topological polar surface area (TPSA) is 35.5 Å². The van der Waals surface area contributed by atoms with Gasteiger partial charge in [0.15, 0.2) is 6.29 Å². The van der Waals surface area contributed by atoms with Gasteiger partial charge in [-0.25, -0.2) is 0 Å². The Bertz CT molecular complexity index is 346. The maximum atomic E-state index is 12.4. The van der Waals surface area contributed by atoms with E-state index >= 15 is 0 Å². The Labute approximate surface area is 122 Å². The van der Waals surface area contributed by atoms with Crippen LogP contribution >= 0.6 is 0 Å². The molecular formula is C17H28O3. The SMILES string of the molecule is CC(OC(=O)C1C2CCC(C2)C1C)OC1CCCCC1. The molecular weight excluding hydrogens is 252 g/mol.